The number of hydrogen-bond donors (Lipinski definition) is 1. The topological polar surface area (TPSA) is 46.0 Å². The van der Waals surface area contributed by atoms with Crippen molar-refractivity contribution in [2.75, 3.05) is 16.9 Å². The molecular weight excluding hydrogens is 420 g/mol. The minimum atomic E-state index is -0.293. The Labute approximate surface area is 144 Å². The molecule has 2 aromatic heterocycles. The summed E-state index contributed by atoms with van der Waals surface area (Å²) in [5.74, 6) is 0.345. The molecule has 0 unspecified atom stereocenters. The smallest absolute Gasteiger partial charge is 0.163 e. The Bertz CT molecular complexity index is 910. The minimum Gasteiger partial charge on any atom is -0.350 e. The Morgan fingerprint density at radius 1 is 1.41 bits per heavy atom. The monoisotopic (exact) mass is 429 g/mol. The molecule has 22 heavy (non-hydrogen) atoms. The highest BCUT2D eigenvalue weighted by atomic mass is 127. The number of aryl methyl sites for hydroxylation is 1. The number of aromatic nitrogens is 3. The highest BCUT2D eigenvalue weighted by molar-refractivity contribution is 14.1. The van der Waals surface area contributed by atoms with Gasteiger partial charge in [0.2, 0.25) is 0 Å². The maximum atomic E-state index is 14.3. The summed E-state index contributed by atoms with van der Waals surface area (Å²) in [4.78, 5) is 10.6. The van der Waals surface area contributed by atoms with Gasteiger partial charge in [-0.2, -0.15) is 0 Å². The summed E-state index contributed by atoms with van der Waals surface area (Å²) in [7, 11) is 1.86. The first-order valence-corrected chi connectivity index (χ1v) is 7.99. The third-order valence-corrected chi connectivity index (χ3v) is 4.67. The van der Waals surface area contributed by atoms with E-state index in [0.717, 1.165) is 3.57 Å². The van der Waals surface area contributed by atoms with Gasteiger partial charge >= 0.3 is 0 Å². The maximum absolute atomic E-state index is 14.3. The molecule has 0 fully saturated rings. The first-order valence-electron chi connectivity index (χ1n) is 6.53. The van der Waals surface area contributed by atoms with Gasteiger partial charge in [0.15, 0.2) is 11.5 Å². The van der Waals surface area contributed by atoms with Gasteiger partial charge < -0.3 is 14.8 Å². The summed E-state index contributed by atoms with van der Waals surface area (Å²) >= 11 is 8.59. The van der Waals surface area contributed by atoms with E-state index < -0.39 is 0 Å². The number of hydrogen-bond acceptors (Lipinski definition) is 4. The van der Waals surface area contributed by atoms with Crippen LogP contribution in [0, 0.1) is 9.39 Å². The van der Waals surface area contributed by atoms with Crippen LogP contribution < -0.4 is 10.2 Å². The van der Waals surface area contributed by atoms with Crippen molar-refractivity contribution in [3.05, 3.63) is 38.9 Å². The quantitative estimate of drug-likeness (QED) is 0.596. The van der Waals surface area contributed by atoms with Crippen LogP contribution in [0.1, 0.15) is 0 Å². The second-order valence-electron chi connectivity index (χ2n) is 5.01. The molecule has 1 aromatic carbocycles. The van der Waals surface area contributed by atoms with Crippen LogP contribution in [-0.4, -0.2) is 21.2 Å². The Morgan fingerprint density at radius 2 is 2.23 bits per heavy atom. The molecule has 0 spiro atoms. The number of fused-ring (bicyclic) bond motifs is 2. The highest BCUT2D eigenvalue weighted by Crippen LogP contribution is 2.44. The molecule has 3 heterocycles. The van der Waals surface area contributed by atoms with E-state index in [4.69, 9.17) is 11.6 Å². The van der Waals surface area contributed by atoms with Crippen LogP contribution in [0.15, 0.2) is 24.5 Å². The van der Waals surface area contributed by atoms with Gasteiger partial charge in [-0.25, -0.2) is 14.4 Å². The number of nitrogens with zero attached hydrogens (tertiary/aromatic N) is 4. The standard InChI is InChI=1S/C14H10ClFIN5/c1-21-5-18-11-10(15)12-13(20-14(11)21)19-6-22(12)9-3-2-7(17)4-8(9)16/h2-5H,6H2,1H3,(H,19,20). The molecule has 1 aliphatic heterocycles. The summed E-state index contributed by atoms with van der Waals surface area (Å²) in [6.45, 7) is 0.413. The summed E-state index contributed by atoms with van der Waals surface area (Å²) in [5, 5.41) is 3.64. The van der Waals surface area contributed by atoms with E-state index in [1.807, 2.05) is 13.1 Å². The molecular formula is C14H10ClFIN5. The molecule has 3 aromatic rings. The zero-order chi connectivity index (χ0) is 15.4. The van der Waals surface area contributed by atoms with E-state index in [0.29, 0.717) is 40.0 Å². The lowest BCUT2D eigenvalue weighted by atomic mass is 10.2. The van der Waals surface area contributed by atoms with E-state index in [2.05, 4.69) is 37.9 Å². The average Bonchev–Trinajstić information content (AvgIpc) is 3.05. The number of benzene rings is 1. The molecule has 4 rings (SSSR count). The number of pyridine rings is 1. The predicted molar refractivity (Wildman–Crippen MR) is 93.3 cm³/mol. The van der Waals surface area contributed by atoms with E-state index in [-0.39, 0.29) is 5.82 Å². The third kappa shape index (κ3) is 1.95. The van der Waals surface area contributed by atoms with Crippen LogP contribution in [0.3, 0.4) is 0 Å². The van der Waals surface area contributed by atoms with Crippen molar-refractivity contribution >= 4 is 62.5 Å². The molecule has 0 atom stereocenters. The zero-order valence-electron chi connectivity index (χ0n) is 11.4. The lowest BCUT2D eigenvalue weighted by molar-refractivity contribution is 0.625. The molecule has 0 saturated heterocycles. The van der Waals surface area contributed by atoms with Crippen molar-refractivity contribution in [3.8, 4) is 0 Å². The fourth-order valence-corrected chi connectivity index (χ4v) is 3.37. The van der Waals surface area contributed by atoms with Gasteiger partial charge in [-0.05, 0) is 40.8 Å². The molecule has 0 radical (unpaired) electrons. The van der Waals surface area contributed by atoms with Crippen LogP contribution in [0.4, 0.5) is 21.6 Å². The van der Waals surface area contributed by atoms with E-state index in [9.17, 15) is 4.39 Å². The Morgan fingerprint density at radius 3 is 3.00 bits per heavy atom. The van der Waals surface area contributed by atoms with Crippen LogP contribution in [0.25, 0.3) is 11.2 Å². The fraction of sp³-hybridized carbons (Fsp3) is 0.143. The van der Waals surface area contributed by atoms with Crippen LogP contribution in [-0.2, 0) is 7.05 Å². The van der Waals surface area contributed by atoms with Crippen molar-refractivity contribution in [2.24, 2.45) is 7.05 Å². The minimum absolute atomic E-state index is 0.293. The molecule has 112 valence electrons. The van der Waals surface area contributed by atoms with Gasteiger partial charge in [-0.1, -0.05) is 11.6 Å². The molecule has 1 N–H and O–H groups in total. The van der Waals surface area contributed by atoms with Gasteiger partial charge in [0.1, 0.15) is 17.0 Å². The van der Waals surface area contributed by atoms with Gasteiger partial charge in [-0.15, -0.1) is 0 Å². The van der Waals surface area contributed by atoms with Crippen LogP contribution >= 0.6 is 34.2 Å². The first-order chi connectivity index (χ1) is 10.6. The maximum Gasteiger partial charge on any atom is 0.163 e. The summed E-state index contributed by atoms with van der Waals surface area (Å²) in [5.41, 5.74) is 2.43. The van der Waals surface area contributed by atoms with E-state index in [1.165, 1.54) is 6.07 Å². The van der Waals surface area contributed by atoms with Gasteiger partial charge in [0.05, 0.1) is 23.7 Å². The Hall–Kier alpha value is -1.61. The van der Waals surface area contributed by atoms with Crippen molar-refractivity contribution in [1.82, 2.24) is 14.5 Å². The van der Waals surface area contributed by atoms with Crippen molar-refractivity contribution in [2.45, 2.75) is 0 Å². The summed E-state index contributed by atoms with van der Waals surface area (Å²) in [6.07, 6.45) is 1.66. The van der Waals surface area contributed by atoms with Crippen molar-refractivity contribution < 1.29 is 4.39 Å². The number of imidazole rings is 1. The molecule has 1 aliphatic rings. The fourth-order valence-electron chi connectivity index (χ4n) is 2.59. The highest BCUT2D eigenvalue weighted by Gasteiger charge is 2.29. The summed E-state index contributed by atoms with van der Waals surface area (Å²) in [6, 6.07) is 5.10. The molecule has 0 bridgehead atoms. The van der Waals surface area contributed by atoms with Gasteiger partial charge in [0, 0.05) is 10.6 Å². The second-order valence-corrected chi connectivity index (χ2v) is 6.63. The molecule has 0 amide bonds. The van der Waals surface area contributed by atoms with Crippen molar-refractivity contribution in [3.63, 3.8) is 0 Å². The third-order valence-electron chi connectivity index (χ3n) is 3.64. The molecule has 5 nitrogen and oxygen atoms in total. The molecule has 0 aliphatic carbocycles. The Kier molecular flexibility index (Phi) is 3.15. The SMILES string of the molecule is Cn1cnc2c(Cl)c3c(nc21)NCN3c1ccc(I)cc1F. The number of anilines is 3. The lowest BCUT2D eigenvalue weighted by Crippen LogP contribution is -2.18. The summed E-state index contributed by atoms with van der Waals surface area (Å²) < 4.78 is 16.9. The number of rotatable bonds is 1. The lowest BCUT2D eigenvalue weighted by Gasteiger charge is -2.19. The van der Waals surface area contributed by atoms with E-state index in [1.54, 1.807) is 21.9 Å². The van der Waals surface area contributed by atoms with E-state index >= 15 is 0 Å². The average molecular weight is 430 g/mol. The predicted octanol–water partition coefficient (Wildman–Crippen LogP) is 3.89. The van der Waals surface area contributed by atoms with Crippen molar-refractivity contribution in [1.29, 1.82) is 0 Å². The number of nitrogens with one attached hydrogen (secondary N) is 1. The largest absolute Gasteiger partial charge is 0.350 e. The number of halogens is 3. The molecule has 0 saturated carbocycles. The Balaban J connectivity index is 1.93. The second kappa shape index (κ2) is 4.95. The normalized spacial score (nSPS) is 13.5. The zero-order valence-corrected chi connectivity index (χ0v) is 14.4. The molecule has 8 heteroatoms. The van der Waals surface area contributed by atoms with Gasteiger partial charge in [0.25, 0.3) is 0 Å². The van der Waals surface area contributed by atoms with Gasteiger partial charge in [-0.3, -0.25) is 0 Å². The van der Waals surface area contributed by atoms with Crippen LogP contribution in [0.5, 0.6) is 0 Å². The first kappa shape index (κ1) is 14.0. The van der Waals surface area contributed by atoms with Crippen LogP contribution in [0.2, 0.25) is 5.02 Å².